The quantitative estimate of drug-likeness (QED) is 0.411. The SMILES string of the molecule is COc1ccc(CCNc2ncnc3c2nc(-c2ccc(N4CCOCC4)nc2)n3C(C)C)cc1. The summed E-state index contributed by atoms with van der Waals surface area (Å²) < 4.78 is 12.8. The highest BCUT2D eigenvalue weighted by Gasteiger charge is 2.20. The third kappa shape index (κ3) is 4.90. The summed E-state index contributed by atoms with van der Waals surface area (Å²) in [7, 11) is 1.68. The molecule has 1 fully saturated rings. The second-order valence-electron chi connectivity index (χ2n) is 8.82. The first-order chi connectivity index (χ1) is 17.1. The Balaban J connectivity index is 1.39. The van der Waals surface area contributed by atoms with Crippen molar-refractivity contribution in [3.63, 3.8) is 0 Å². The molecule has 35 heavy (non-hydrogen) atoms. The van der Waals surface area contributed by atoms with Gasteiger partial charge in [-0.25, -0.2) is 19.9 Å². The van der Waals surface area contributed by atoms with Gasteiger partial charge < -0.3 is 24.3 Å². The van der Waals surface area contributed by atoms with Gasteiger partial charge in [-0.1, -0.05) is 12.1 Å². The minimum atomic E-state index is 0.177. The van der Waals surface area contributed by atoms with E-state index in [1.807, 2.05) is 18.3 Å². The second-order valence-corrected chi connectivity index (χ2v) is 8.82. The number of aromatic nitrogens is 5. The zero-order valence-electron chi connectivity index (χ0n) is 20.4. The molecule has 9 nitrogen and oxygen atoms in total. The van der Waals surface area contributed by atoms with Crippen LogP contribution in [0.1, 0.15) is 25.5 Å². The Morgan fingerprint density at radius 1 is 1.03 bits per heavy atom. The average molecular weight is 474 g/mol. The number of rotatable bonds is 8. The predicted octanol–water partition coefficient (Wildman–Crippen LogP) is 3.97. The van der Waals surface area contributed by atoms with Gasteiger partial charge in [-0.05, 0) is 50.1 Å². The van der Waals surface area contributed by atoms with Crippen LogP contribution in [0.25, 0.3) is 22.6 Å². The van der Waals surface area contributed by atoms with E-state index in [9.17, 15) is 0 Å². The molecular weight excluding hydrogens is 442 g/mol. The number of hydrogen-bond acceptors (Lipinski definition) is 8. The van der Waals surface area contributed by atoms with E-state index in [4.69, 9.17) is 19.4 Å². The van der Waals surface area contributed by atoms with Gasteiger partial charge in [-0.3, -0.25) is 0 Å². The zero-order chi connectivity index (χ0) is 24.2. The third-order valence-electron chi connectivity index (χ3n) is 6.20. The molecule has 182 valence electrons. The number of nitrogens with one attached hydrogen (secondary N) is 1. The Hall–Kier alpha value is -3.72. The summed E-state index contributed by atoms with van der Waals surface area (Å²) in [6, 6.07) is 12.4. The summed E-state index contributed by atoms with van der Waals surface area (Å²) >= 11 is 0. The van der Waals surface area contributed by atoms with Crippen LogP contribution in [0.5, 0.6) is 5.75 Å². The number of pyridine rings is 1. The lowest BCUT2D eigenvalue weighted by Crippen LogP contribution is -2.36. The Morgan fingerprint density at radius 2 is 1.83 bits per heavy atom. The number of methoxy groups -OCH3 is 1. The van der Waals surface area contributed by atoms with Gasteiger partial charge in [0.25, 0.3) is 0 Å². The fourth-order valence-electron chi connectivity index (χ4n) is 4.35. The molecule has 0 aliphatic carbocycles. The fourth-order valence-corrected chi connectivity index (χ4v) is 4.35. The summed E-state index contributed by atoms with van der Waals surface area (Å²) in [5, 5.41) is 3.46. The van der Waals surface area contributed by atoms with Crippen molar-refractivity contribution in [2.24, 2.45) is 0 Å². The summed E-state index contributed by atoms with van der Waals surface area (Å²) in [5.74, 6) is 3.40. The average Bonchev–Trinajstić information content (AvgIpc) is 3.31. The molecular formula is C26H31N7O2. The van der Waals surface area contributed by atoms with Crippen LogP contribution in [0.2, 0.25) is 0 Å². The van der Waals surface area contributed by atoms with Gasteiger partial charge in [0.05, 0.1) is 20.3 Å². The summed E-state index contributed by atoms with van der Waals surface area (Å²) in [6.07, 6.45) is 4.36. The molecule has 0 spiro atoms. The molecule has 1 saturated heterocycles. The molecule has 3 aromatic heterocycles. The van der Waals surface area contributed by atoms with Crippen LogP contribution in [0.4, 0.5) is 11.6 Å². The van der Waals surface area contributed by atoms with E-state index >= 15 is 0 Å². The first kappa shape index (κ1) is 23.0. The van der Waals surface area contributed by atoms with Crippen molar-refractivity contribution in [2.45, 2.75) is 26.3 Å². The molecule has 0 amide bonds. The topological polar surface area (TPSA) is 90.2 Å². The molecule has 5 rings (SSSR count). The highest BCUT2D eigenvalue weighted by Crippen LogP contribution is 2.30. The molecule has 1 aliphatic rings. The number of benzene rings is 1. The summed E-state index contributed by atoms with van der Waals surface area (Å²) in [6.45, 7) is 8.20. The first-order valence-corrected chi connectivity index (χ1v) is 12.0. The lowest BCUT2D eigenvalue weighted by molar-refractivity contribution is 0.122. The molecule has 9 heteroatoms. The maximum absolute atomic E-state index is 5.46. The molecule has 0 unspecified atom stereocenters. The fraction of sp³-hybridized carbons (Fsp3) is 0.385. The van der Waals surface area contributed by atoms with Crippen LogP contribution in [0.3, 0.4) is 0 Å². The highest BCUT2D eigenvalue weighted by atomic mass is 16.5. The van der Waals surface area contributed by atoms with Crippen LogP contribution in [0, 0.1) is 0 Å². The van der Waals surface area contributed by atoms with Gasteiger partial charge in [0.1, 0.15) is 23.7 Å². The maximum atomic E-state index is 5.46. The number of fused-ring (bicyclic) bond motifs is 1. The second kappa shape index (κ2) is 10.3. The normalized spacial score (nSPS) is 14.0. The third-order valence-corrected chi connectivity index (χ3v) is 6.20. The van der Waals surface area contributed by atoms with Crippen LogP contribution < -0.4 is 15.0 Å². The minimum absolute atomic E-state index is 0.177. The first-order valence-electron chi connectivity index (χ1n) is 12.0. The van der Waals surface area contributed by atoms with Gasteiger partial charge in [-0.15, -0.1) is 0 Å². The van der Waals surface area contributed by atoms with Gasteiger partial charge in [0, 0.05) is 37.4 Å². The van der Waals surface area contributed by atoms with E-state index in [1.165, 1.54) is 5.56 Å². The monoisotopic (exact) mass is 473 g/mol. The van der Waals surface area contributed by atoms with Crippen LogP contribution in [-0.2, 0) is 11.2 Å². The molecule has 0 radical (unpaired) electrons. The number of nitrogens with zero attached hydrogens (tertiary/aromatic N) is 6. The molecule has 4 heterocycles. The van der Waals surface area contributed by atoms with Crippen LogP contribution >= 0.6 is 0 Å². The van der Waals surface area contributed by atoms with E-state index in [2.05, 4.69) is 62.9 Å². The largest absolute Gasteiger partial charge is 0.497 e. The lowest BCUT2D eigenvalue weighted by atomic mass is 10.1. The highest BCUT2D eigenvalue weighted by molar-refractivity contribution is 5.86. The molecule has 1 aliphatic heterocycles. The van der Waals surface area contributed by atoms with E-state index in [0.29, 0.717) is 0 Å². The summed E-state index contributed by atoms with van der Waals surface area (Å²) in [4.78, 5) is 21.0. The molecule has 1 N–H and O–H groups in total. The van der Waals surface area contributed by atoms with Gasteiger partial charge in [0.15, 0.2) is 17.0 Å². The van der Waals surface area contributed by atoms with Gasteiger partial charge in [-0.2, -0.15) is 0 Å². The van der Waals surface area contributed by atoms with Crippen molar-refractivity contribution in [1.29, 1.82) is 0 Å². The van der Waals surface area contributed by atoms with E-state index in [0.717, 1.165) is 79.2 Å². The molecule has 0 atom stereocenters. The number of hydrogen-bond donors (Lipinski definition) is 1. The van der Waals surface area contributed by atoms with Crippen LogP contribution in [-0.4, -0.2) is 64.5 Å². The molecule has 1 aromatic carbocycles. The van der Waals surface area contributed by atoms with E-state index < -0.39 is 0 Å². The number of morpholine rings is 1. The van der Waals surface area contributed by atoms with Crippen molar-refractivity contribution in [2.75, 3.05) is 50.2 Å². The van der Waals surface area contributed by atoms with Crippen molar-refractivity contribution in [3.05, 3.63) is 54.5 Å². The molecule has 0 saturated carbocycles. The summed E-state index contributed by atoms with van der Waals surface area (Å²) in [5.41, 5.74) is 3.76. The van der Waals surface area contributed by atoms with Gasteiger partial charge >= 0.3 is 0 Å². The molecule has 0 bridgehead atoms. The Bertz CT molecular complexity index is 1260. The molecule has 4 aromatic rings. The zero-order valence-corrected chi connectivity index (χ0v) is 20.4. The number of ether oxygens (including phenoxy) is 2. The lowest BCUT2D eigenvalue weighted by Gasteiger charge is -2.27. The minimum Gasteiger partial charge on any atom is -0.497 e. The Kier molecular flexibility index (Phi) is 6.76. The van der Waals surface area contributed by atoms with Crippen LogP contribution in [0.15, 0.2) is 48.9 Å². The van der Waals surface area contributed by atoms with Gasteiger partial charge in [0.2, 0.25) is 0 Å². The standard InChI is InChI=1S/C26H31N7O2/c1-18(2)33-25(20-6-9-22(28-16-20)32-12-14-35-15-13-32)31-23-24(29-17-30-26(23)33)27-11-10-19-4-7-21(34-3)8-5-19/h4-9,16-18H,10-15H2,1-3H3,(H,27,29,30). The van der Waals surface area contributed by atoms with Crippen molar-refractivity contribution in [1.82, 2.24) is 24.5 Å². The van der Waals surface area contributed by atoms with E-state index in [-0.39, 0.29) is 6.04 Å². The maximum Gasteiger partial charge on any atom is 0.166 e. The predicted molar refractivity (Wildman–Crippen MR) is 137 cm³/mol. The van der Waals surface area contributed by atoms with Crippen molar-refractivity contribution >= 4 is 22.8 Å². The van der Waals surface area contributed by atoms with Crippen molar-refractivity contribution < 1.29 is 9.47 Å². The number of imidazole rings is 1. The van der Waals surface area contributed by atoms with E-state index in [1.54, 1.807) is 13.4 Å². The Morgan fingerprint density at radius 3 is 2.51 bits per heavy atom. The number of anilines is 2. The Labute approximate surface area is 205 Å². The smallest absolute Gasteiger partial charge is 0.166 e. The van der Waals surface area contributed by atoms with Crippen molar-refractivity contribution in [3.8, 4) is 17.1 Å².